The summed E-state index contributed by atoms with van der Waals surface area (Å²) < 4.78 is 34.3. The fraction of sp³-hybridized carbons (Fsp3) is 0.632. The van der Waals surface area contributed by atoms with Crippen molar-refractivity contribution in [2.24, 2.45) is 17.8 Å². The quantitative estimate of drug-likeness (QED) is 0.105. The molecule has 0 saturated carbocycles. The molecule has 1 saturated heterocycles. The molecule has 2 heterocycles. The molecule has 262 valence electrons. The zero-order valence-electron chi connectivity index (χ0n) is 29.3. The topological polar surface area (TPSA) is 118 Å². The van der Waals surface area contributed by atoms with Gasteiger partial charge in [-0.15, -0.1) is 0 Å². The van der Waals surface area contributed by atoms with Gasteiger partial charge in [0, 0.05) is 30.9 Å². The Bertz CT molecular complexity index is 1260. The van der Waals surface area contributed by atoms with E-state index in [4.69, 9.17) is 14.2 Å². The minimum absolute atomic E-state index is 0.00658. The zero-order valence-corrected chi connectivity index (χ0v) is 29.3. The summed E-state index contributed by atoms with van der Waals surface area (Å²) in [5, 5.41) is 24.4. The number of aliphatic hydroxyl groups is 2. The van der Waals surface area contributed by atoms with Crippen molar-refractivity contribution in [2.45, 2.75) is 128 Å². The first kappa shape index (κ1) is 38.6. The van der Waals surface area contributed by atoms with Crippen LogP contribution in [0.4, 0.5) is 4.39 Å². The van der Waals surface area contributed by atoms with Crippen molar-refractivity contribution in [3.8, 4) is 0 Å². The first-order chi connectivity index (χ1) is 22.1. The van der Waals surface area contributed by atoms with Crippen molar-refractivity contribution in [1.29, 1.82) is 0 Å². The molecule has 8 nitrogen and oxygen atoms in total. The lowest BCUT2D eigenvalue weighted by atomic mass is 9.85. The number of rotatable bonds is 12. The monoisotopic (exact) mass is 657 g/mol. The molecule has 1 amide bonds. The van der Waals surface area contributed by atoms with Gasteiger partial charge in [-0.25, -0.2) is 4.39 Å². The number of ether oxygens (including phenoxy) is 3. The van der Waals surface area contributed by atoms with E-state index in [-0.39, 0.29) is 42.4 Å². The number of aliphatic hydroxyl groups excluding tert-OH is 1. The summed E-state index contributed by atoms with van der Waals surface area (Å²) in [6, 6.07) is 7.70. The number of nitrogens with one attached hydrogen (secondary N) is 1. The standard InChI is InChI=1S/C38H56FNO7/c1-9-27-20-22-38(7,44)30(41)19-18-25(4)32(46-31(42)23-27)24(3)15-14-21-37(6,39)35(40-36(43)28-16-12-11-13-17-28)34-33(47-34)26(5)29(10-2)45-8/h11-19,21,25-27,29-30,32-35,41,44H,9-10,20,22-23H2,1-8H3,(H,40,43). The summed E-state index contributed by atoms with van der Waals surface area (Å²) in [6.07, 6.45) is 7.97. The van der Waals surface area contributed by atoms with E-state index in [1.54, 1.807) is 62.6 Å². The van der Waals surface area contributed by atoms with Crippen molar-refractivity contribution in [3.63, 3.8) is 0 Å². The third-order valence-corrected chi connectivity index (χ3v) is 9.92. The number of cyclic esters (lactones) is 1. The first-order valence-electron chi connectivity index (χ1n) is 17.0. The summed E-state index contributed by atoms with van der Waals surface area (Å²) in [5.41, 5.74) is -2.23. The smallest absolute Gasteiger partial charge is 0.306 e. The second-order valence-corrected chi connectivity index (χ2v) is 13.8. The second-order valence-electron chi connectivity index (χ2n) is 13.8. The maximum atomic E-state index is 16.7. The molecule has 0 aliphatic carbocycles. The zero-order chi connectivity index (χ0) is 34.9. The van der Waals surface area contributed by atoms with E-state index in [1.165, 1.54) is 13.0 Å². The molecule has 11 unspecified atom stereocenters. The van der Waals surface area contributed by atoms with Crippen molar-refractivity contribution in [2.75, 3.05) is 7.11 Å². The van der Waals surface area contributed by atoms with Gasteiger partial charge in [-0.1, -0.05) is 76.6 Å². The molecule has 2 aliphatic heterocycles. The van der Waals surface area contributed by atoms with Gasteiger partial charge in [-0.3, -0.25) is 9.59 Å². The van der Waals surface area contributed by atoms with Crippen LogP contribution < -0.4 is 5.32 Å². The lowest BCUT2D eigenvalue weighted by Crippen LogP contribution is -2.52. The van der Waals surface area contributed by atoms with Gasteiger partial charge in [0.15, 0.2) is 0 Å². The highest BCUT2D eigenvalue weighted by atomic mass is 19.1. The highest BCUT2D eigenvalue weighted by Gasteiger charge is 2.55. The predicted octanol–water partition coefficient (Wildman–Crippen LogP) is 6.27. The second kappa shape index (κ2) is 17.0. The number of methoxy groups -OCH3 is 1. The Morgan fingerprint density at radius 3 is 2.53 bits per heavy atom. The largest absolute Gasteiger partial charge is 0.457 e. The molecule has 0 aromatic heterocycles. The molecule has 1 aromatic rings. The fourth-order valence-corrected chi connectivity index (χ4v) is 6.46. The van der Waals surface area contributed by atoms with Gasteiger partial charge in [0.25, 0.3) is 5.91 Å². The highest BCUT2D eigenvalue weighted by Crippen LogP contribution is 2.40. The van der Waals surface area contributed by atoms with Crippen molar-refractivity contribution in [3.05, 3.63) is 71.8 Å². The number of hydrogen-bond acceptors (Lipinski definition) is 7. The minimum atomic E-state index is -2.01. The normalized spacial score (nSPS) is 32.3. The maximum absolute atomic E-state index is 16.7. The molecule has 0 spiro atoms. The van der Waals surface area contributed by atoms with Crippen LogP contribution in [-0.4, -0.2) is 77.0 Å². The van der Waals surface area contributed by atoms with Gasteiger partial charge in [0.1, 0.15) is 24.0 Å². The third kappa shape index (κ3) is 10.6. The number of halogens is 1. The lowest BCUT2D eigenvalue weighted by molar-refractivity contribution is -0.150. The Morgan fingerprint density at radius 2 is 1.91 bits per heavy atom. The molecule has 11 atom stereocenters. The molecule has 3 N–H and O–H groups in total. The van der Waals surface area contributed by atoms with E-state index in [0.29, 0.717) is 24.0 Å². The fourth-order valence-electron chi connectivity index (χ4n) is 6.46. The van der Waals surface area contributed by atoms with Gasteiger partial charge in [0.2, 0.25) is 0 Å². The molecule has 1 fully saturated rings. The molecule has 0 radical (unpaired) electrons. The Kier molecular flexibility index (Phi) is 14.0. The molecular formula is C38H56FNO7. The number of hydrogen-bond donors (Lipinski definition) is 3. The van der Waals surface area contributed by atoms with Gasteiger partial charge in [0.05, 0.1) is 23.9 Å². The van der Waals surface area contributed by atoms with Gasteiger partial charge >= 0.3 is 5.97 Å². The number of benzene rings is 1. The number of carbonyl (C=O) groups is 2. The highest BCUT2D eigenvalue weighted by molar-refractivity contribution is 5.94. The molecule has 2 aliphatic rings. The van der Waals surface area contributed by atoms with Crippen molar-refractivity contribution in [1.82, 2.24) is 5.32 Å². The third-order valence-electron chi connectivity index (χ3n) is 9.92. The van der Waals surface area contributed by atoms with Crippen molar-refractivity contribution >= 4 is 11.9 Å². The maximum Gasteiger partial charge on any atom is 0.306 e. The molecule has 3 rings (SSSR count). The van der Waals surface area contributed by atoms with Crippen LogP contribution in [-0.2, 0) is 19.0 Å². The van der Waals surface area contributed by atoms with Crippen LogP contribution in [0.3, 0.4) is 0 Å². The molecular weight excluding hydrogens is 601 g/mol. The Balaban J connectivity index is 1.87. The summed E-state index contributed by atoms with van der Waals surface area (Å²) >= 11 is 0. The van der Waals surface area contributed by atoms with Crippen molar-refractivity contribution < 1.29 is 38.4 Å². The summed E-state index contributed by atoms with van der Waals surface area (Å²) in [7, 11) is 1.65. The number of allylic oxidation sites excluding steroid dienone is 2. The lowest BCUT2D eigenvalue weighted by Gasteiger charge is -2.31. The van der Waals surface area contributed by atoms with Gasteiger partial charge in [-0.05, 0) is 69.7 Å². The first-order valence-corrected chi connectivity index (χ1v) is 17.0. The van der Waals surface area contributed by atoms with Crippen LogP contribution >= 0.6 is 0 Å². The van der Waals surface area contributed by atoms with E-state index in [1.807, 2.05) is 40.7 Å². The minimum Gasteiger partial charge on any atom is -0.457 e. The van der Waals surface area contributed by atoms with Crippen LogP contribution in [0, 0.1) is 17.8 Å². The molecule has 47 heavy (non-hydrogen) atoms. The van der Waals surface area contributed by atoms with Crippen LogP contribution in [0.2, 0.25) is 0 Å². The predicted molar refractivity (Wildman–Crippen MR) is 181 cm³/mol. The summed E-state index contributed by atoms with van der Waals surface area (Å²) in [4.78, 5) is 26.2. The summed E-state index contributed by atoms with van der Waals surface area (Å²) in [6.45, 7) is 12.7. The number of epoxide rings is 1. The van der Waals surface area contributed by atoms with Gasteiger partial charge < -0.3 is 29.7 Å². The average molecular weight is 658 g/mol. The summed E-state index contributed by atoms with van der Waals surface area (Å²) in [5.74, 6) is -1.07. The Hall–Kier alpha value is -2.85. The van der Waals surface area contributed by atoms with E-state index in [0.717, 1.165) is 12.8 Å². The van der Waals surface area contributed by atoms with E-state index in [2.05, 4.69) is 5.32 Å². The van der Waals surface area contributed by atoms with E-state index in [9.17, 15) is 19.8 Å². The number of amides is 1. The average Bonchev–Trinajstić information content (AvgIpc) is 3.83. The molecule has 9 heteroatoms. The molecule has 1 aromatic carbocycles. The van der Waals surface area contributed by atoms with Crippen LogP contribution in [0.1, 0.15) is 90.9 Å². The SMILES string of the molecule is CCC1CCC(C)(O)C(O)C=CC(C)C(C(C)=CC=CC(C)(F)C(NC(=O)c2ccccc2)C2OC2C(C)C(CC)OC)OC(=O)C1. The van der Waals surface area contributed by atoms with E-state index < -0.39 is 41.5 Å². The van der Waals surface area contributed by atoms with Crippen LogP contribution in [0.15, 0.2) is 66.3 Å². The number of carbonyl (C=O) groups excluding carboxylic acids is 2. The van der Waals surface area contributed by atoms with Crippen LogP contribution in [0.25, 0.3) is 0 Å². The molecule has 0 bridgehead atoms. The van der Waals surface area contributed by atoms with E-state index >= 15 is 4.39 Å². The Labute approximate surface area is 280 Å². The Morgan fingerprint density at radius 1 is 1.23 bits per heavy atom. The number of alkyl halides is 1. The van der Waals surface area contributed by atoms with Crippen LogP contribution in [0.5, 0.6) is 0 Å². The van der Waals surface area contributed by atoms with Gasteiger partial charge in [-0.2, -0.15) is 0 Å². The number of esters is 1.